The first-order chi connectivity index (χ1) is 8.58. The second-order valence-electron chi connectivity index (χ2n) is 6.62. The lowest BCUT2D eigenvalue weighted by molar-refractivity contribution is 0.0987. The van der Waals surface area contributed by atoms with Gasteiger partial charge in [0.2, 0.25) is 8.32 Å². The van der Waals surface area contributed by atoms with Crippen molar-refractivity contribution in [3.63, 3.8) is 0 Å². The fourth-order valence-corrected chi connectivity index (χ4v) is 2.67. The van der Waals surface area contributed by atoms with Crippen LogP contribution in [0.15, 0.2) is 18.2 Å². The number of Topliss-reactive ketones (excluding diaryl/α,β-unsaturated/α-hetero) is 1. The highest BCUT2D eigenvalue weighted by Crippen LogP contribution is 2.37. The number of aryl methyl sites for hydroxylation is 1. The molecule has 0 fully saturated rings. The van der Waals surface area contributed by atoms with Crippen LogP contribution in [-0.4, -0.2) is 14.1 Å². The fraction of sp³-hybridized carbons (Fsp3) is 0.562. The Morgan fingerprint density at radius 2 is 1.84 bits per heavy atom. The van der Waals surface area contributed by atoms with Gasteiger partial charge in [-0.2, -0.15) is 0 Å². The van der Waals surface area contributed by atoms with E-state index < -0.39 is 8.32 Å². The molecule has 0 aliphatic rings. The molecule has 3 heteroatoms. The van der Waals surface area contributed by atoms with Gasteiger partial charge < -0.3 is 4.43 Å². The van der Waals surface area contributed by atoms with Crippen LogP contribution in [0.25, 0.3) is 0 Å². The van der Waals surface area contributed by atoms with E-state index >= 15 is 0 Å². The highest BCUT2D eigenvalue weighted by Gasteiger charge is 2.38. The van der Waals surface area contributed by atoms with Crippen molar-refractivity contribution in [2.24, 2.45) is 0 Å². The normalized spacial score (nSPS) is 12.4. The van der Waals surface area contributed by atoms with Gasteiger partial charge in [0, 0.05) is 12.0 Å². The topological polar surface area (TPSA) is 26.3 Å². The highest BCUT2D eigenvalue weighted by molar-refractivity contribution is 6.74. The van der Waals surface area contributed by atoms with Gasteiger partial charge in [-0.1, -0.05) is 27.7 Å². The minimum Gasteiger partial charge on any atom is -0.543 e. The number of carbonyl (C=O) groups excluding carboxylic acids is 1. The van der Waals surface area contributed by atoms with Gasteiger partial charge >= 0.3 is 0 Å². The smallest absolute Gasteiger partial charge is 0.250 e. The summed E-state index contributed by atoms with van der Waals surface area (Å²) in [5.74, 6) is 1.08. The first kappa shape index (κ1) is 16.0. The van der Waals surface area contributed by atoms with E-state index in [1.165, 1.54) is 0 Å². The lowest BCUT2D eigenvalue weighted by atomic mass is 10.0. The number of carbonyl (C=O) groups is 1. The largest absolute Gasteiger partial charge is 0.543 e. The molecule has 0 saturated heterocycles. The molecule has 0 amide bonds. The van der Waals surface area contributed by atoms with E-state index in [4.69, 9.17) is 4.43 Å². The van der Waals surface area contributed by atoms with Crippen LogP contribution < -0.4 is 4.43 Å². The van der Waals surface area contributed by atoms with Crippen LogP contribution in [0.1, 0.15) is 50.0 Å². The Hall–Kier alpha value is -1.09. The van der Waals surface area contributed by atoms with Crippen molar-refractivity contribution in [2.75, 3.05) is 0 Å². The first-order valence-corrected chi connectivity index (χ1v) is 9.82. The summed E-state index contributed by atoms with van der Waals surface area (Å²) in [6.45, 7) is 15.0. The quantitative estimate of drug-likeness (QED) is 0.574. The third-order valence-electron chi connectivity index (χ3n) is 4.00. The number of hydrogen-bond acceptors (Lipinski definition) is 2. The molecule has 0 aromatic heterocycles. The van der Waals surface area contributed by atoms with Gasteiger partial charge in [-0.3, -0.25) is 4.79 Å². The molecule has 0 aliphatic heterocycles. The van der Waals surface area contributed by atoms with Gasteiger partial charge in [0.05, 0.1) is 0 Å². The van der Waals surface area contributed by atoms with Gasteiger partial charge in [-0.25, -0.2) is 0 Å². The Morgan fingerprint density at radius 1 is 1.26 bits per heavy atom. The zero-order valence-electron chi connectivity index (χ0n) is 13.3. The molecule has 1 rings (SSSR count). The summed E-state index contributed by atoms with van der Waals surface area (Å²) in [4.78, 5) is 11.8. The summed E-state index contributed by atoms with van der Waals surface area (Å²) in [5.41, 5.74) is 1.81. The Morgan fingerprint density at radius 3 is 2.26 bits per heavy atom. The number of ketones is 1. The Bertz CT molecular complexity index is 470. The van der Waals surface area contributed by atoms with E-state index in [1.54, 1.807) is 0 Å². The molecule has 1 aromatic rings. The van der Waals surface area contributed by atoms with Crippen molar-refractivity contribution in [3.8, 4) is 5.75 Å². The van der Waals surface area contributed by atoms with E-state index in [-0.39, 0.29) is 10.8 Å². The monoisotopic (exact) mass is 278 g/mol. The molecule has 106 valence electrons. The van der Waals surface area contributed by atoms with Crippen LogP contribution >= 0.6 is 0 Å². The van der Waals surface area contributed by atoms with Gasteiger partial charge in [0.25, 0.3) is 0 Å². The zero-order valence-corrected chi connectivity index (χ0v) is 14.3. The molecule has 0 unspecified atom stereocenters. The fourth-order valence-electron chi connectivity index (χ4n) is 1.65. The van der Waals surface area contributed by atoms with E-state index in [0.717, 1.165) is 16.9 Å². The second-order valence-corrected chi connectivity index (χ2v) is 11.3. The van der Waals surface area contributed by atoms with Crippen LogP contribution in [0.5, 0.6) is 5.75 Å². The molecule has 19 heavy (non-hydrogen) atoms. The maximum Gasteiger partial charge on any atom is 0.250 e. The lowest BCUT2D eigenvalue weighted by Crippen LogP contribution is -2.43. The van der Waals surface area contributed by atoms with Crippen LogP contribution in [-0.2, 0) is 0 Å². The van der Waals surface area contributed by atoms with Crippen LogP contribution in [0.2, 0.25) is 18.1 Å². The SMILES string of the molecule is CCC(=O)c1ccc(O[Si](C)(C)C(C)(C)C)cc1C. The van der Waals surface area contributed by atoms with Crippen LogP contribution in [0.3, 0.4) is 0 Å². The van der Waals surface area contributed by atoms with Crippen LogP contribution in [0.4, 0.5) is 0 Å². The van der Waals surface area contributed by atoms with Gasteiger partial charge in [-0.15, -0.1) is 0 Å². The Labute approximate surface area is 118 Å². The molecule has 2 nitrogen and oxygen atoms in total. The highest BCUT2D eigenvalue weighted by atomic mass is 28.4. The van der Waals surface area contributed by atoms with Crippen molar-refractivity contribution >= 4 is 14.1 Å². The standard InChI is InChI=1S/C16H26O2Si/c1-8-15(17)14-10-9-13(11-12(14)2)18-19(6,7)16(3,4)5/h9-11H,8H2,1-7H3. The zero-order chi connectivity index (χ0) is 14.8. The van der Waals surface area contributed by atoms with E-state index in [9.17, 15) is 4.79 Å². The van der Waals surface area contributed by atoms with E-state index in [2.05, 4.69) is 33.9 Å². The molecule has 0 bridgehead atoms. The first-order valence-electron chi connectivity index (χ1n) is 6.91. The van der Waals surface area contributed by atoms with Crippen LogP contribution in [0, 0.1) is 6.92 Å². The van der Waals surface area contributed by atoms with Gasteiger partial charge in [0.15, 0.2) is 5.78 Å². The third-order valence-corrected chi connectivity index (χ3v) is 8.36. The van der Waals surface area contributed by atoms with Crippen molar-refractivity contribution in [1.29, 1.82) is 0 Å². The molecular weight excluding hydrogens is 252 g/mol. The predicted octanol–water partition coefficient (Wildman–Crippen LogP) is 4.97. The number of benzene rings is 1. The molecular formula is C16H26O2Si. The summed E-state index contributed by atoms with van der Waals surface area (Å²) in [6, 6.07) is 5.81. The van der Waals surface area contributed by atoms with Crippen molar-refractivity contribution in [1.82, 2.24) is 0 Å². The molecule has 0 spiro atoms. The summed E-state index contributed by atoms with van der Waals surface area (Å²) in [7, 11) is -1.81. The maximum atomic E-state index is 11.8. The molecule has 0 saturated carbocycles. The lowest BCUT2D eigenvalue weighted by Gasteiger charge is -2.36. The minimum atomic E-state index is -1.81. The molecule has 0 N–H and O–H groups in total. The van der Waals surface area contributed by atoms with Crippen molar-refractivity contribution < 1.29 is 9.22 Å². The predicted molar refractivity (Wildman–Crippen MR) is 83.6 cm³/mol. The molecule has 1 aromatic carbocycles. The van der Waals surface area contributed by atoms with E-state index in [0.29, 0.717) is 6.42 Å². The average Bonchev–Trinajstić information content (AvgIpc) is 2.26. The third kappa shape index (κ3) is 3.69. The van der Waals surface area contributed by atoms with Crippen molar-refractivity contribution in [3.05, 3.63) is 29.3 Å². The maximum absolute atomic E-state index is 11.8. The molecule has 0 heterocycles. The Kier molecular flexibility index (Phi) is 4.61. The number of hydrogen-bond donors (Lipinski definition) is 0. The second kappa shape index (κ2) is 5.49. The Balaban J connectivity index is 3.00. The van der Waals surface area contributed by atoms with Gasteiger partial charge in [-0.05, 0) is 48.8 Å². The number of rotatable bonds is 4. The average molecular weight is 278 g/mol. The summed E-state index contributed by atoms with van der Waals surface area (Å²) in [5, 5.41) is 0.179. The minimum absolute atomic E-state index is 0.179. The van der Waals surface area contributed by atoms with E-state index in [1.807, 2.05) is 32.0 Å². The summed E-state index contributed by atoms with van der Waals surface area (Å²) in [6.07, 6.45) is 0.545. The molecule has 0 aliphatic carbocycles. The summed E-state index contributed by atoms with van der Waals surface area (Å²) >= 11 is 0. The molecule has 0 atom stereocenters. The van der Waals surface area contributed by atoms with Crippen molar-refractivity contribution in [2.45, 2.75) is 59.2 Å². The molecule has 0 radical (unpaired) electrons. The summed E-state index contributed by atoms with van der Waals surface area (Å²) < 4.78 is 6.24. The van der Waals surface area contributed by atoms with Gasteiger partial charge in [0.1, 0.15) is 5.75 Å².